The van der Waals surface area contributed by atoms with E-state index in [1.54, 1.807) is 0 Å². The molecule has 1 aromatic heterocycles. The molecular weight excluding hydrogens is 174 g/mol. The van der Waals surface area contributed by atoms with Crippen molar-refractivity contribution in [2.45, 2.75) is 0 Å². The number of hydrogen-bond donors (Lipinski definition) is 0. The zero-order valence-electron chi connectivity index (χ0n) is 7.60. The second kappa shape index (κ2) is 2.84. The number of benzene rings is 1. The van der Waals surface area contributed by atoms with Gasteiger partial charge in [-0.05, 0) is 29.7 Å². The van der Waals surface area contributed by atoms with Gasteiger partial charge in [-0.1, -0.05) is 6.08 Å². The smallest absolute Gasteiger partial charge is 0.127 e. The first kappa shape index (κ1) is 7.56. The Kier molecular flexibility index (Phi) is 1.53. The Morgan fingerprint density at radius 1 is 1.21 bits per heavy atom. The van der Waals surface area contributed by atoms with E-state index in [4.69, 9.17) is 4.74 Å². The van der Waals surface area contributed by atoms with Gasteiger partial charge < -0.3 is 4.74 Å². The van der Waals surface area contributed by atoms with Crippen molar-refractivity contribution in [1.82, 2.24) is 4.98 Å². The minimum absolute atomic E-state index is 0.670. The molecule has 0 bridgehead atoms. The Balaban J connectivity index is 2.42. The molecule has 0 saturated carbocycles. The molecule has 68 valence electrons. The van der Waals surface area contributed by atoms with Gasteiger partial charge >= 0.3 is 0 Å². The second-order valence-electron chi connectivity index (χ2n) is 3.29. The maximum absolute atomic E-state index is 5.52. The van der Waals surface area contributed by atoms with Crippen molar-refractivity contribution in [3.63, 3.8) is 0 Å². The van der Waals surface area contributed by atoms with Gasteiger partial charge in [0.2, 0.25) is 0 Å². The lowest BCUT2D eigenvalue weighted by molar-refractivity contribution is 0.359. The molecule has 2 aromatic rings. The molecule has 2 nitrogen and oxygen atoms in total. The van der Waals surface area contributed by atoms with E-state index in [9.17, 15) is 0 Å². The maximum atomic E-state index is 5.52. The van der Waals surface area contributed by atoms with Crippen LogP contribution in [0.5, 0.6) is 5.75 Å². The van der Waals surface area contributed by atoms with E-state index in [1.807, 2.05) is 36.7 Å². The molecule has 1 aliphatic rings. The number of pyridine rings is 1. The summed E-state index contributed by atoms with van der Waals surface area (Å²) in [6.07, 6.45) is 7.83. The first-order valence-corrected chi connectivity index (χ1v) is 4.61. The van der Waals surface area contributed by atoms with E-state index in [-0.39, 0.29) is 0 Å². The summed E-state index contributed by atoms with van der Waals surface area (Å²) in [6.45, 7) is 0.670. The van der Waals surface area contributed by atoms with Gasteiger partial charge in [0.15, 0.2) is 0 Å². The highest BCUT2D eigenvalue weighted by Crippen LogP contribution is 2.30. The van der Waals surface area contributed by atoms with Gasteiger partial charge in [0.1, 0.15) is 12.4 Å². The van der Waals surface area contributed by atoms with Gasteiger partial charge in [-0.25, -0.2) is 0 Å². The maximum Gasteiger partial charge on any atom is 0.127 e. The number of hydrogen-bond acceptors (Lipinski definition) is 2. The summed E-state index contributed by atoms with van der Waals surface area (Å²) in [5.74, 6) is 0.964. The zero-order chi connectivity index (χ0) is 9.38. The van der Waals surface area contributed by atoms with Crippen molar-refractivity contribution in [2.24, 2.45) is 0 Å². The predicted octanol–water partition coefficient (Wildman–Crippen LogP) is 2.64. The summed E-state index contributed by atoms with van der Waals surface area (Å²) >= 11 is 0. The topological polar surface area (TPSA) is 22.1 Å². The van der Waals surface area contributed by atoms with Crippen LogP contribution in [0, 0.1) is 0 Å². The van der Waals surface area contributed by atoms with E-state index in [2.05, 4.69) is 11.1 Å². The zero-order valence-corrected chi connectivity index (χ0v) is 7.60. The molecule has 0 saturated heterocycles. The summed E-state index contributed by atoms with van der Waals surface area (Å²) in [4.78, 5) is 4.10. The van der Waals surface area contributed by atoms with Crippen LogP contribution in [-0.4, -0.2) is 11.6 Å². The molecule has 0 N–H and O–H groups in total. The number of nitrogens with zero attached hydrogens (tertiary/aromatic N) is 1. The molecule has 1 aromatic carbocycles. The van der Waals surface area contributed by atoms with Crippen molar-refractivity contribution in [3.05, 3.63) is 42.2 Å². The van der Waals surface area contributed by atoms with Crippen LogP contribution >= 0.6 is 0 Å². The molecule has 0 aliphatic carbocycles. The van der Waals surface area contributed by atoms with Crippen LogP contribution in [0.25, 0.3) is 16.8 Å². The van der Waals surface area contributed by atoms with Crippen LogP contribution in [0.15, 0.2) is 36.7 Å². The molecular formula is C12H9NO. The van der Waals surface area contributed by atoms with Crippen molar-refractivity contribution in [3.8, 4) is 5.75 Å². The fraction of sp³-hybridized carbons (Fsp3) is 0.0833. The summed E-state index contributed by atoms with van der Waals surface area (Å²) < 4.78 is 5.52. The van der Waals surface area contributed by atoms with E-state index in [0.29, 0.717) is 6.61 Å². The number of ether oxygens (including phenoxy) is 1. The minimum Gasteiger partial charge on any atom is -0.489 e. The van der Waals surface area contributed by atoms with Gasteiger partial charge in [0.05, 0.1) is 0 Å². The Hall–Kier alpha value is -1.83. The van der Waals surface area contributed by atoms with E-state index in [0.717, 1.165) is 16.7 Å². The molecule has 2 heteroatoms. The van der Waals surface area contributed by atoms with Gasteiger partial charge in [-0.2, -0.15) is 0 Å². The predicted molar refractivity (Wildman–Crippen MR) is 56.3 cm³/mol. The quantitative estimate of drug-likeness (QED) is 0.626. The SMILES string of the molecule is C1=Cc2c(ccc3cnccc23)OC1. The van der Waals surface area contributed by atoms with Crippen molar-refractivity contribution in [1.29, 1.82) is 0 Å². The monoisotopic (exact) mass is 183 g/mol. The van der Waals surface area contributed by atoms with Crippen molar-refractivity contribution < 1.29 is 4.74 Å². The van der Waals surface area contributed by atoms with Crippen LogP contribution in [0.4, 0.5) is 0 Å². The van der Waals surface area contributed by atoms with E-state index < -0.39 is 0 Å². The lowest BCUT2D eigenvalue weighted by Crippen LogP contribution is -2.00. The molecule has 3 rings (SSSR count). The molecule has 0 fully saturated rings. The average molecular weight is 183 g/mol. The molecule has 0 unspecified atom stereocenters. The van der Waals surface area contributed by atoms with E-state index >= 15 is 0 Å². The molecule has 0 spiro atoms. The van der Waals surface area contributed by atoms with E-state index in [1.165, 1.54) is 5.39 Å². The summed E-state index contributed by atoms with van der Waals surface area (Å²) in [6, 6.07) is 6.07. The van der Waals surface area contributed by atoms with Crippen molar-refractivity contribution >= 4 is 16.8 Å². The van der Waals surface area contributed by atoms with Gasteiger partial charge in [0.25, 0.3) is 0 Å². The third-order valence-corrected chi connectivity index (χ3v) is 2.44. The first-order chi connectivity index (χ1) is 6.95. The van der Waals surface area contributed by atoms with Crippen LogP contribution in [0.2, 0.25) is 0 Å². The first-order valence-electron chi connectivity index (χ1n) is 4.61. The fourth-order valence-electron chi connectivity index (χ4n) is 1.77. The summed E-state index contributed by atoms with van der Waals surface area (Å²) in [5.41, 5.74) is 1.16. The highest BCUT2D eigenvalue weighted by atomic mass is 16.5. The van der Waals surface area contributed by atoms with Crippen LogP contribution < -0.4 is 4.74 Å². The Bertz CT molecular complexity index is 517. The van der Waals surface area contributed by atoms with Crippen LogP contribution in [0.1, 0.15) is 5.56 Å². The summed E-state index contributed by atoms with van der Waals surface area (Å²) in [5, 5.41) is 2.36. The number of aromatic nitrogens is 1. The highest BCUT2D eigenvalue weighted by molar-refractivity contribution is 5.92. The van der Waals surface area contributed by atoms with Crippen molar-refractivity contribution in [2.75, 3.05) is 6.61 Å². The minimum atomic E-state index is 0.670. The summed E-state index contributed by atoms with van der Waals surface area (Å²) in [7, 11) is 0. The van der Waals surface area contributed by atoms with Crippen LogP contribution in [-0.2, 0) is 0 Å². The number of fused-ring (bicyclic) bond motifs is 3. The van der Waals surface area contributed by atoms with Gasteiger partial charge in [0, 0.05) is 23.3 Å². The average Bonchev–Trinajstić information content (AvgIpc) is 2.29. The Morgan fingerprint density at radius 3 is 3.21 bits per heavy atom. The Labute approximate surface area is 81.8 Å². The lowest BCUT2D eigenvalue weighted by atomic mass is 10.0. The molecule has 1 aliphatic heterocycles. The Morgan fingerprint density at radius 2 is 2.21 bits per heavy atom. The molecule has 0 atom stereocenters. The third-order valence-electron chi connectivity index (χ3n) is 2.44. The third kappa shape index (κ3) is 1.01. The molecule has 0 amide bonds. The largest absolute Gasteiger partial charge is 0.489 e. The molecule has 0 radical (unpaired) electrons. The molecule has 2 heterocycles. The molecule has 14 heavy (non-hydrogen) atoms. The number of rotatable bonds is 0. The van der Waals surface area contributed by atoms with Gasteiger partial charge in [-0.3, -0.25) is 4.98 Å². The standard InChI is InChI=1S/C12H9NO/c1-2-11-10-5-6-13-8-9(10)3-4-12(11)14-7-1/h1-6,8H,7H2. The normalized spacial score (nSPS) is 13.7. The second-order valence-corrected chi connectivity index (χ2v) is 3.29. The van der Waals surface area contributed by atoms with Crippen LogP contribution in [0.3, 0.4) is 0 Å². The lowest BCUT2D eigenvalue weighted by Gasteiger charge is -2.13. The highest BCUT2D eigenvalue weighted by Gasteiger charge is 2.08. The van der Waals surface area contributed by atoms with Gasteiger partial charge in [-0.15, -0.1) is 0 Å². The fourth-order valence-corrected chi connectivity index (χ4v) is 1.77.